The zero-order chi connectivity index (χ0) is 20.9. The Hall–Kier alpha value is -2.41. The van der Waals surface area contributed by atoms with Gasteiger partial charge in [-0.2, -0.15) is 0 Å². The van der Waals surface area contributed by atoms with Crippen LogP contribution in [0.3, 0.4) is 0 Å². The molecule has 0 unspecified atom stereocenters. The highest BCUT2D eigenvalue weighted by Gasteiger charge is 2.60. The molecule has 5 rings (SSSR count). The highest BCUT2D eigenvalue weighted by atomic mass is 32.2. The lowest BCUT2D eigenvalue weighted by atomic mass is 10.0. The van der Waals surface area contributed by atoms with Crippen molar-refractivity contribution in [1.82, 2.24) is 4.90 Å². The minimum absolute atomic E-state index is 0.00586. The number of carbonyl (C=O) groups excluding carboxylic acids is 2. The Labute approximate surface area is 178 Å². The second-order valence-corrected chi connectivity index (χ2v) is 9.43. The third-order valence-corrected chi connectivity index (χ3v) is 7.78. The van der Waals surface area contributed by atoms with Crippen LogP contribution in [0.1, 0.15) is 36.8 Å². The van der Waals surface area contributed by atoms with E-state index >= 15 is 0 Å². The van der Waals surface area contributed by atoms with Crippen molar-refractivity contribution in [2.75, 3.05) is 17.2 Å². The number of thioether (sulfide) groups is 1. The molecular formula is C23H22F2N2O2S. The molecule has 1 saturated carbocycles. The summed E-state index contributed by atoms with van der Waals surface area (Å²) in [5.74, 6) is -0.512. The topological polar surface area (TPSA) is 40.6 Å². The second-order valence-electron chi connectivity index (χ2n) is 8.15. The zero-order valence-corrected chi connectivity index (χ0v) is 17.3. The highest BCUT2D eigenvalue weighted by molar-refractivity contribution is 8.01. The summed E-state index contributed by atoms with van der Waals surface area (Å²) < 4.78 is 28.0. The highest BCUT2D eigenvalue weighted by Crippen LogP contribution is 2.55. The first-order chi connectivity index (χ1) is 14.5. The molecule has 0 N–H and O–H groups in total. The normalized spacial score (nSPS) is 23.6. The van der Waals surface area contributed by atoms with Crippen LogP contribution in [0.4, 0.5) is 14.5 Å². The van der Waals surface area contributed by atoms with E-state index in [1.807, 2.05) is 0 Å². The summed E-state index contributed by atoms with van der Waals surface area (Å²) >= 11 is 1.40. The molecule has 7 heteroatoms. The largest absolute Gasteiger partial charge is 0.315 e. The zero-order valence-electron chi connectivity index (χ0n) is 16.4. The van der Waals surface area contributed by atoms with Gasteiger partial charge in [0.1, 0.15) is 11.6 Å². The van der Waals surface area contributed by atoms with Crippen molar-refractivity contribution in [3.8, 4) is 0 Å². The Kier molecular flexibility index (Phi) is 4.81. The lowest BCUT2D eigenvalue weighted by Gasteiger charge is -2.34. The molecule has 2 amide bonds. The second kappa shape index (κ2) is 7.38. The van der Waals surface area contributed by atoms with Crippen LogP contribution in [0.25, 0.3) is 0 Å². The van der Waals surface area contributed by atoms with Gasteiger partial charge in [-0.25, -0.2) is 8.78 Å². The molecule has 2 aliphatic heterocycles. The Bertz CT molecular complexity index is 1020. The molecule has 0 radical (unpaired) electrons. The molecule has 1 saturated heterocycles. The molecule has 2 aromatic rings. The number of benzene rings is 2. The summed E-state index contributed by atoms with van der Waals surface area (Å²) in [5, 5.41) is 0. The number of nitrogens with zero attached hydrogens (tertiary/aromatic N) is 2. The Balaban J connectivity index is 1.57. The first-order valence-corrected chi connectivity index (χ1v) is 11.3. The number of hydrogen-bond acceptors (Lipinski definition) is 3. The van der Waals surface area contributed by atoms with Crippen LogP contribution in [0.15, 0.2) is 42.5 Å². The third-order valence-electron chi connectivity index (χ3n) is 6.36. The third kappa shape index (κ3) is 2.94. The first kappa shape index (κ1) is 19.5. The number of rotatable bonds is 3. The molecule has 3 aliphatic rings. The number of amides is 2. The van der Waals surface area contributed by atoms with Crippen LogP contribution < -0.4 is 4.90 Å². The van der Waals surface area contributed by atoms with Gasteiger partial charge in [0.05, 0.1) is 12.2 Å². The SMILES string of the molecule is O=C(C1CCCC1)N1CCS[C@]12C(=O)N(Cc1cccc(F)c1)c1ccc(F)cc12. The van der Waals surface area contributed by atoms with E-state index < -0.39 is 10.7 Å². The van der Waals surface area contributed by atoms with Gasteiger partial charge in [0.2, 0.25) is 5.91 Å². The molecule has 0 bridgehead atoms. The van der Waals surface area contributed by atoms with Gasteiger partial charge in [-0.15, -0.1) is 11.8 Å². The van der Waals surface area contributed by atoms with Gasteiger partial charge in [0.25, 0.3) is 5.91 Å². The van der Waals surface area contributed by atoms with E-state index in [4.69, 9.17) is 0 Å². The monoisotopic (exact) mass is 428 g/mol. The molecule has 1 atom stereocenters. The molecule has 1 spiro atoms. The molecule has 2 heterocycles. The van der Waals surface area contributed by atoms with Gasteiger partial charge < -0.3 is 9.80 Å². The van der Waals surface area contributed by atoms with Crippen molar-refractivity contribution in [2.45, 2.75) is 37.1 Å². The van der Waals surface area contributed by atoms with Crippen LogP contribution in [0.5, 0.6) is 0 Å². The van der Waals surface area contributed by atoms with Crippen molar-refractivity contribution in [1.29, 1.82) is 0 Å². The maximum atomic E-state index is 14.3. The van der Waals surface area contributed by atoms with Crippen LogP contribution in [0.2, 0.25) is 0 Å². The van der Waals surface area contributed by atoms with Crippen LogP contribution in [0, 0.1) is 17.6 Å². The van der Waals surface area contributed by atoms with Gasteiger partial charge in [-0.05, 0) is 48.7 Å². The Morgan fingerprint density at radius 1 is 1.10 bits per heavy atom. The summed E-state index contributed by atoms with van der Waals surface area (Å²) in [6.45, 7) is 0.637. The van der Waals surface area contributed by atoms with Crippen LogP contribution >= 0.6 is 11.8 Å². The lowest BCUT2D eigenvalue weighted by molar-refractivity contribution is -0.143. The summed E-state index contributed by atoms with van der Waals surface area (Å²) in [4.78, 5) is 29.2. The lowest BCUT2D eigenvalue weighted by Crippen LogP contribution is -2.51. The summed E-state index contributed by atoms with van der Waals surface area (Å²) in [5.41, 5.74) is 1.76. The smallest absolute Gasteiger partial charge is 0.268 e. The van der Waals surface area contributed by atoms with E-state index in [0.717, 1.165) is 25.7 Å². The Morgan fingerprint density at radius 2 is 1.87 bits per heavy atom. The minimum Gasteiger partial charge on any atom is -0.315 e. The fourth-order valence-electron chi connectivity index (χ4n) is 4.98. The molecule has 30 heavy (non-hydrogen) atoms. The summed E-state index contributed by atoms with van der Waals surface area (Å²) in [6, 6.07) is 10.4. The van der Waals surface area contributed by atoms with E-state index in [1.165, 1.54) is 36.0 Å². The van der Waals surface area contributed by atoms with Crippen molar-refractivity contribution in [3.63, 3.8) is 0 Å². The van der Waals surface area contributed by atoms with E-state index in [-0.39, 0.29) is 30.1 Å². The molecule has 156 valence electrons. The van der Waals surface area contributed by atoms with Crippen LogP contribution in [-0.4, -0.2) is 29.0 Å². The number of fused-ring (bicyclic) bond motifs is 2. The fourth-order valence-corrected chi connectivity index (χ4v) is 6.44. The van der Waals surface area contributed by atoms with Crippen molar-refractivity contribution in [2.24, 2.45) is 5.92 Å². The Morgan fingerprint density at radius 3 is 2.63 bits per heavy atom. The first-order valence-electron chi connectivity index (χ1n) is 10.3. The maximum absolute atomic E-state index is 14.3. The quantitative estimate of drug-likeness (QED) is 0.726. The van der Waals surface area contributed by atoms with Crippen LogP contribution in [-0.2, 0) is 21.0 Å². The number of hydrogen-bond donors (Lipinski definition) is 0. The predicted molar refractivity (Wildman–Crippen MR) is 112 cm³/mol. The molecule has 4 nitrogen and oxygen atoms in total. The molecular weight excluding hydrogens is 406 g/mol. The minimum atomic E-state index is -1.23. The van der Waals surface area contributed by atoms with Crippen molar-refractivity contribution in [3.05, 3.63) is 65.2 Å². The maximum Gasteiger partial charge on any atom is 0.268 e. The van der Waals surface area contributed by atoms with E-state index in [9.17, 15) is 18.4 Å². The average Bonchev–Trinajstić information content (AvgIpc) is 3.45. The fraction of sp³-hybridized carbons (Fsp3) is 0.391. The number of carbonyl (C=O) groups is 2. The van der Waals surface area contributed by atoms with Gasteiger partial charge in [0, 0.05) is 23.8 Å². The van der Waals surface area contributed by atoms with E-state index in [2.05, 4.69) is 0 Å². The molecule has 2 aromatic carbocycles. The van der Waals surface area contributed by atoms with E-state index in [1.54, 1.807) is 28.0 Å². The molecule has 0 aromatic heterocycles. The summed E-state index contributed by atoms with van der Waals surface area (Å²) in [7, 11) is 0. The molecule has 1 aliphatic carbocycles. The number of halogens is 2. The van der Waals surface area contributed by atoms with Gasteiger partial charge in [0.15, 0.2) is 4.87 Å². The molecule has 2 fully saturated rings. The van der Waals surface area contributed by atoms with Crippen molar-refractivity contribution >= 4 is 29.3 Å². The van der Waals surface area contributed by atoms with Gasteiger partial charge in [-0.1, -0.05) is 25.0 Å². The average molecular weight is 429 g/mol. The van der Waals surface area contributed by atoms with E-state index in [0.29, 0.717) is 29.1 Å². The predicted octanol–water partition coefficient (Wildman–Crippen LogP) is 4.43. The van der Waals surface area contributed by atoms with Crippen molar-refractivity contribution < 1.29 is 18.4 Å². The summed E-state index contributed by atoms with van der Waals surface area (Å²) in [6.07, 6.45) is 3.73. The standard InChI is InChI=1S/C23H22F2N2O2S/c24-17-7-3-4-15(12-17)14-26-20-9-8-18(25)13-19(20)23(22(26)29)27(10-11-30-23)21(28)16-5-1-2-6-16/h3-4,7-9,12-13,16H,1-2,5-6,10-11,14H2/t23-/m1/s1. The number of anilines is 1. The van der Waals surface area contributed by atoms with Gasteiger partial charge >= 0.3 is 0 Å². The van der Waals surface area contributed by atoms with Gasteiger partial charge in [-0.3, -0.25) is 9.59 Å².